The Morgan fingerprint density at radius 2 is 1.88 bits per heavy atom. The van der Waals surface area contributed by atoms with E-state index < -0.39 is 10.0 Å². The van der Waals surface area contributed by atoms with Gasteiger partial charge in [-0.25, -0.2) is 13.4 Å². The molecule has 1 fully saturated rings. The molecule has 1 aliphatic rings. The highest BCUT2D eigenvalue weighted by Gasteiger charge is 2.19. The largest absolute Gasteiger partial charge is 0.438 e. The van der Waals surface area contributed by atoms with E-state index in [2.05, 4.69) is 15.0 Å². The molecule has 0 unspecified atom stereocenters. The maximum atomic E-state index is 12.6. The predicted molar refractivity (Wildman–Crippen MR) is 124 cm³/mol. The quantitative estimate of drug-likeness (QED) is 0.521. The fraction of sp³-hybridized carbons (Fsp3) is 0.250. The summed E-state index contributed by atoms with van der Waals surface area (Å²) in [6.07, 6.45) is 3.50. The smallest absolute Gasteiger partial charge is 0.261 e. The van der Waals surface area contributed by atoms with Gasteiger partial charge in [0, 0.05) is 25.0 Å². The summed E-state index contributed by atoms with van der Waals surface area (Å²) in [6.45, 7) is 3.05. The lowest BCUT2D eigenvalue weighted by molar-refractivity contribution is 0.0855. The number of rotatable bonds is 8. The highest BCUT2D eigenvalue weighted by molar-refractivity contribution is 7.92. The third kappa shape index (κ3) is 5.88. The number of nitrogens with zero attached hydrogens (tertiary/aromatic N) is 1. The fourth-order valence-corrected chi connectivity index (χ4v) is 4.44. The summed E-state index contributed by atoms with van der Waals surface area (Å²) in [6, 6.07) is 16.3. The van der Waals surface area contributed by atoms with E-state index in [1.165, 1.54) is 6.20 Å². The van der Waals surface area contributed by atoms with Crippen LogP contribution < -0.4 is 14.8 Å². The molecule has 0 saturated carbocycles. The van der Waals surface area contributed by atoms with E-state index in [0.717, 1.165) is 25.0 Å². The maximum Gasteiger partial charge on any atom is 0.261 e. The number of sulfonamides is 1. The average molecular weight is 468 g/mol. The van der Waals surface area contributed by atoms with Crippen molar-refractivity contribution in [3.05, 3.63) is 78.0 Å². The van der Waals surface area contributed by atoms with E-state index in [1.54, 1.807) is 60.7 Å². The number of pyridine rings is 1. The zero-order valence-electron chi connectivity index (χ0n) is 18.2. The zero-order valence-corrected chi connectivity index (χ0v) is 19.0. The van der Waals surface area contributed by atoms with Crippen LogP contribution in [0.2, 0.25) is 0 Å². The number of ether oxygens (including phenoxy) is 2. The van der Waals surface area contributed by atoms with E-state index in [0.29, 0.717) is 23.5 Å². The molecule has 1 atom stereocenters. The molecule has 172 valence electrons. The molecular weight excluding hydrogens is 442 g/mol. The van der Waals surface area contributed by atoms with Gasteiger partial charge in [0.1, 0.15) is 11.3 Å². The molecule has 4 rings (SSSR count). The normalized spacial score (nSPS) is 15.7. The average Bonchev–Trinajstić information content (AvgIpc) is 3.33. The van der Waals surface area contributed by atoms with Crippen LogP contribution in [-0.2, 0) is 14.8 Å². The second-order valence-electron chi connectivity index (χ2n) is 7.75. The van der Waals surface area contributed by atoms with Crippen molar-refractivity contribution in [2.45, 2.75) is 30.8 Å². The van der Waals surface area contributed by atoms with Gasteiger partial charge in [-0.3, -0.25) is 9.52 Å². The summed E-state index contributed by atoms with van der Waals surface area (Å²) in [5, 5.41) is 2.86. The molecule has 0 spiro atoms. The van der Waals surface area contributed by atoms with Crippen molar-refractivity contribution >= 4 is 21.6 Å². The summed E-state index contributed by atoms with van der Waals surface area (Å²) < 4.78 is 39.0. The van der Waals surface area contributed by atoms with Crippen LogP contribution in [0.4, 0.5) is 5.69 Å². The van der Waals surface area contributed by atoms with E-state index in [9.17, 15) is 13.2 Å². The molecule has 1 aromatic heterocycles. The van der Waals surface area contributed by atoms with Crippen molar-refractivity contribution in [1.29, 1.82) is 0 Å². The first-order chi connectivity index (χ1) is 15.9. The lowest BCUT2D eigenvalue weighted by Gasteiger charge is -2.13. The molecule has 1 aliphatic heterocycles. The number of aryl methyl sites for hydroxylation is 1. The van der Waals surface area contributed by atoms with Crippen molar-refractivity contribution in [1.82, 2.24) is 10.3 Å². The van der Waals surface area contributed by atoms with E-state index in [-0.39, 0.29) is 22.8 Å². The van der Waals surface area contributed by atoms with Crippen LogP contribution in [0.5, 0.6) is 11.6 Å². The fourth-order valence-electron chi connectivity index (χ4n) is 3.39. The molecule has 1 amide bonds. The predicted octanol–water partition coefficient (Wildman–Crippen LogP) is 3.89. The molecule has 9 heteroatoms. The van der Waals surface area contributed by atoms with E-state index in [4.69, 9.17) is 9.47 Å². The van der Waals surface area contributed by atoms with Crippen LogP contribution >= 0.6 is 0 Å². The number of hydrogen-bond donors (Lipinski definition) is 2. The third-order valence-electron chi connectivity index (χ3n) is 5.18. The number of carbonyl (C=O) groups excluding carboxylic acids is 1. The third-order valence-corrected chi connectivity index (χ3v) is 6.58. The first-order valence-electron chi connectivity index (χ1n) is 10.6. The van der Waals surface area contributed by atoms with Gasteiger partial charge in [-0.2, -0.15) is 0 Å². The lowest BCUT2D eigenvalue weighted by Crippen LogP contribution is -2.32. The minimum Gasteiger partial charge on any atom is -0.438 e. The number of carbonyl (C=O) groups is 1. The Morgan fingerprint density at radius 1 is 1.12 bits per heavy atom. The highest BCUT2D eigenvalue weighted by atomic mass is 32.2. The standard InChI is InChI=1S/C24H25N3O5S/c1-17-6-12-21(13-7-17)33(29,30)27-18-8-10-19(11-9-18)32-24-22(5-2-14-25-24)23(28)26-16-20-4-3-15-31-20/h2,5-14,20,27H,3-4,15-16H2,1H3,(H,26,28)/t20-/m1/s1. The Hall–Kier alpha value is -3.43. The van der Waals surface area contributed by atoms with Crippen LogP contribution in [0.3, 0.4) is 0 Å². The summed E-state index contributed by atoms with van der Waals surface area (Å²) in [5.41, 5.74) is 1.67. The van der Waals surface area contributed by atoms with Gasteiger partial charge in [-0.15, -0.1) is 0 Å². The van der Waals surface area contributed by atoms with Gasteiger partial charge >= 0.3 is 0 Å². The molecule has 2 aromatic carbocycles. The van der Waals surface area contributed by atoms with Crippen LogP contribution in [-0.4, -0.2) is 38.6 Å². The minimum atomic E-state index is -3.70. The Balaban J connectivity index is 1.42. The maximum absolute atomic E-state index is 12.6. The molecule has 2 N–H and O–H groups in total. The molecule has 8 nitrogen and oxygen atoms in total. The van der Waals surface area contributed by atoms with Gasteiger partial charge < -0.3 is 14.8 Å². The lowest BCUT2D eigenvalue weighted by atomic mass is 10.2. The second kappa shape index (κ2) is 10.0. The van der Waals surface area contributed by atoms with Crippen LogP contribution in [0.25, 0.3) is 0 Å². The first-order valence-corrected chi connectivity index (χ1v) is 12.1. The zero-order chi connectivity index (χ0) is 23.3. The SMILES string of the molecule is Cc1ccc(S(=O)(=O)Nc2ccc(Oc3ncccc3C(=O)NC[C@H]3CCCO3)cc2)cc1. The Labute approximate surface area is 193 Å². The molecule has 0 bridgehead atoms. The van der Waals surface area contributed by atoms with Crippen LogP contribution in [0.1, 0.15) is 28.8 Å². The van der Waals surface area contributed by atoms with Crippen LogP contribution in [0.15, 0.2) is 71.8 Å². The Morgan fingerprint density at radius 3 is 2.58 bits per heavy atom. The minimum absolute atomic E-state index is 0.0335. The number of hydrogen-bond acceptors (Lipinski definition) is 6. The van der Waals surface area contributed by atoms with Crippen molar-refractivity contribution < 1.29 is 22.7 Å². The summed E-state index contributed by atoms with van der Waals surface area (Å²) in [5.74, 6) is 0.284. The molecule has 0 aliphatic carbocycles. The topological polar surface area (TPSA) is 107 Å². The van der Waals surface area contributed by atoms with Gasteiger partial charge in [-0.1, -0.05) is 17.7 Å². The summed E-state index contributed by atoms with van der Waals surface area (Å²) in [7, 11) is -3.70. The molecule has 33 heavy (non-hydrogen) atoms. The van der Waals surface area contributed by atoms with Crippen molar-refractivity contribution in [2.75, 3.05) is 17.9 Å². The van der Waals surface area contributed by atoms with Gasteiger partial charge in [0.15, 0.2) is 0 Å². The van der Waals surface area contributed by atoms with E-state index in [1.807, 2.05) is 6.92 Å². The van der Waals surface area contributed by atoms with Gasteiger partial charge in [-0.05, 0) is 68.3 Å². The monoisotopic (exact) mass is 467 g/mol. The van der Waals surface area contributed by atoms with Crippen molar-refractivity contribution in [3.63, 3.8) is 0 Å². The second-order valence-corrected chi connectivity index (χ2v) is 9.43. The molecular formula is C24H25N3O5S. The number of anilines is 1. The highest BCUT2D eigenvalue weighted by Crippen LogP contribution is 2.25. The summed E-state index contributed by atoms with van der Waals surface area (Å²) >= 11 is 0. The van der Waals surface area contributed by atoms with Crippen molar-refractivity contribution in [3.8, 4) is 11.6 Å². The number of nitrogens with one attached hydrogen (secondary N) is 2. The van der Waals surface area contributed by atoms with Crippen LogP contribution in [0, 0.1) is 6.92 Å². The molecule has 0 radical (unpaired) electrons. The number of amides is 1. The molecule has 3 aromatic rings. The molecule has 1 saturated heterocycles. The van der Waals surface area contributed by atoms with Gasteiger partial charge in [0.25, 0.3) is 15.9 Å². The number of benzene rings is 2. The Bertz CT molecular complexity index is 1210. The van der Waals surface area contributed by atoms with Gasteiger partial charge in [0.2, 0.25) is 5.88 Å². The Kier molecular flexibility index (Phi) is 6.90. The molecule has 2 heterocycles. The van der Waals surface area contributed by atoms with Gasteiger partial charge in [0.05, 0.1) is 11.0 Å². The van der Waals surface area contributed by atoms with E-state index >= 15 is 0 Å². The van der Waals surface area contributed by atoms with Crippen molar-refractivity contribution in [2.24, 2.45) is 0 Å². The summed E-state index contributed by atoms with van der Waals surface area (Å²) in [4.78, 5) is 17.0. The number of aromatic nitrogens is 1. The first kappa shape index (κ1) is 22.8.